The number of hydrogen-bond acceptors (Lipinski definition) is 5. The number of aliphatic hydroxyl groups excluding tert-OH is 1. The first kappa shape index (κ1) is 14.3. The SMILES string of the molecule is CCCNc1cnc(CSC(C)CCO)cn1. The molecule has 2 N–H and O–H groups in total. The molecular formula is C12H21N3OS. The summed E-state index contributed by atoms with van der Waals surface area (Å²) >= 11 is 1.79. The van der Waals surface area contributed by atoms with Crippen LogP contribution in [0.3, 0.4) is 0 Å². The topological polar surface area (TPSA) is 58.0 Å². The summed E-state index contributed by atoms with van der Waals surface area (Å²) in [6.45, 7) is 5.41. The minimum atomic E-state index is 0.250. The summed E-state index contributed by atoms with van der Waals surface area (Å²) in [6.07, 6.45) is 5.51. The summed E-state index contributed by atoms with van der Waals surface area (Å²) in [5.74, 6) is 1.69. The molecule has 0 aliphatic heterocycles. The van der Waals surface area contributed by atoms with Crippen LogP contribution in [0.25, 0.3) is 0 Å². The average molecular weight is 255 g/mol. The molecule has 96 valence electrons. The van der Waals surface area contributed by atoms with E-state index in [2.05, 4.69) is 29.1 Å². The third-order valence-corrected chi connectivity index (χ3v) is 3.58. The minimum Gasteiger partial charge on any atom is -0.396 e. The molecule has 1 rings (SSSR count). The van der Waals surface area contributed by atoms with E-state index in [1.807, 2.05) is 6.20 Å². The van der Waals surface area contributed by atoms with Gasteiger partial charge >= 0.3 is 0 Å². The van der Waals surface area contributed by atoms with Crippen LogP contribution in [0.2, 0.25) is 0 Å². The maximum absolute atomic E-state index is 8.80. The van der Waals surface area contributed by atoms with Crippen molar-refractivity contribution in [1.82, 2.24) is 9.97 Å². The van der Waals surface area contributed by atoms with Gasteiger partial charge < -0.3 is 10.4 Å². The molecule has 0 amide bonds. The van der Waals surface area contributed by atoms with Gasteiger partial charge in [-0.05, 0) is 12.8 Å². The van der Waals surface area contributed by atoms with Gasteiger partial charge in [-0.1, -0.05) is 13.8 Å². The molecule has 1 atom stereocenters. The highest BCUT2D eigenvalue weighted by Crippen LogP contribution is 2.18. The molecule has 0 spiro atoms. The van der Waals surface area contributed by atoms with E-state index in [0.717, 1.165) is 36.7 Å². The third kappa shape index (κ3) is 5.89. The zero-order valence-corrected chi connectivity index (χ0v) is 11.3. The van der Waals surface area contributed by atoms with E-state index >= 15 is 0 Å². The van der Waals surface area contributed by atoms with Crippen LogP contribution in [0.5, 0.6) is 0 Å². The minimum absolute atomic E-state index is 0.250. The first-order valence-corrected chi connectivity index (χ1v) is 7.08. The quantitative estimate of drug-likeness (QED) is 0.746. The number of thioether (sulfide) groups is 1. The van der Waals surface area contributed by atoms with Gasteiger partial charge in [0.15, 0.2) is 0 Å². The molecular weight excluding hydrogens is 234 g/mol. The second-order valence-corrected chi connectivity index (χ2v) is 5.38. The predicted molar refractivity (Wildman–Crippen MR) is 73.3 cm³/mol. The van der Waals surface area contributed by atoms with Gasteiger partial charge in [0.2, 0.25) is 0 Å². The van der Waals surface area contributed by atoms with Crippen LogP contribution in [0.15, 0.2) is 12.4 Å². The van der Waals surface area contributed by atoms with Gasteiger partial charge in [0.05, 0.1) is 18.1 Å². The molecule has 0 saturated carbocycles. The highest BCUT2D eigenvalue weighted by Gasteiger charge is 2.03. The monoisotopic (exact) mass is 255 g/mol. The number of aliphatic hydroxyl groups is 1. The summed E-state index contributed by atoms with van der Waals surface area (Å²) in [5.41, 5.74) is 0.988. The lowest BCUT2D eigenvalue weighted by atomic mass is 10.3. The van der Waals surface area contributed by atoms with Crippen molar-refractivity contribution in [3.63, 3.8) is 0 Å². The standard InChI is InChI=1S/C12H21N3OS/c1-3-5-13-12-8-14-11(7-15-12)9-17-10(2)4-6-16/h7-8,10,16H,3-6,9H2,1-2H3,(H,13,15). The molecule has 0 aromatic carbocycles. The molecule has 0 fully saturated rings. The summed E-state index contributed by atoms with van der Waals surface area (Å²) in [4.78, 5) is 8.66. The van der Waals surface area contributed by atoms with Gasteiger partial charge in [-0.25, -0.2) is 4.98 Å². The van der Waals surface area contributed by atoms with Crippen molar-refractivity contribution in [2.45, 2.75) is 37.7 Å². The smallest absolute Gasteiger partial charge is 0.144 e. The van der Waals surface area contributed by atoms with Crippen LogP contribution in [0.1, 0.15) is 32.4 Å². The van der Waals surface area contributed by atoms with Crippen LogP contribution in [-0.4, -0.2) is 33.5 Å². The Hall–Kier alpha value is -0.810. The van der Waals surface area contributed by atoms with Crippen molar-refractivity contribution in [3.8, 4) is 0 Å². The van der Waals surface area contributed by atoms with Crippen LogP contribution < -0.4 is 5.32 Å². The van der Waals surface area contributed by atoms with Crippen LogP contribution >= 0.6 is 11.8 Å². The van der Waals surface area contributed by atoms with Gasteiger partial charge in [0.1, 0.15) is 5.82 Å². The van der Waals surface area contributed by atoms with Crippen molar-refractivity contribution in [1.29, 1.82) is 0 Å². The van der Waals surface area contributed by atoms with E-state index in [1.165, 1.54) is 0 Å². The second-order valence-electron chi connectivity index (χ2n) is 3.95. The van der Waals surface area contributed by atoms with Gasteiger partial charge in [-0.15, -0.1) is 0 Å². The molecule has 0 saturated heterocycles. The van der Waals surface area contributed by atoms with E-state index in [0.29, 0.717) is 5.25 Å². The lowest BCUT2D eigenvalue weighted by molar-refractivity contribution is 0.289. The fourth-order valence-electron chi connectivity index (χ4n) is 1.27. The summed E-state index contributed by atoms with van der Waals surface area (Å²) in [5, 5.41) is 12.5. The lowest BCUT2D eigenvalue weighted by Gasteiger charge is -2.09. The Morgan fingerprint density at radius 1 is 1.41 bits per heavy atom. The first-order valence-electron chi connectivity index (χ1n) is 6.03. The summed E-state index contributed by atoms with van der Waals surface area (Å²) in [7, 11) is 0. The Morgan fingerprint density at radius 3 is 2.82 bits per heavy atom. The fourth-order valence-corrected chi connectivity index (χ4v) is 2.14. The second kappa shape index (κ2) is 8.31. The molecule has 1 heterocycles. The maximum atomic E-state index is 8.80. The number of aromatic nitrogens is 2. The van der Waals surface area contributed by atoms with Crippen LogP contribution in [0.4, 0.5) is 5.82 Å². The number of hydrogen-bond donors (Lipinski definition) is 2. The highest BCUT2D eigenvalue weighted by molar-refractivity contribution is 7.99. The Labute approximate surface area is 107 Å². The van der Waals surface area contributed by atoms with Crippen molar-refractivity contribution in [2.24, 2.45) is 0 Å². The normalized spacial score (nSPS) is 12.4. The molecule has 4 nitrogen and oxygen atoms in total. The third-order valence-electron chi connectivity index (χ3n) is 2.31. The molecule has 17 heavy (non-hydrogen) atoms. The molecule has 1 aromatic heterocycles. The van der Waals surface area contributed by atoms with E-state index in [9.17, 15) is 0 Å². The van der Waals surface area contributed by atoms with Crippen molar-refractivity contribution >= 4 is 17.6 Å². The van der Waals surface area contributed by atoms with Gasteiger partial charge in [-0.3, -0.25) is 4.98 Å². The zero-order valence-electron chi connectivity index (χ0n) is 10.5. The molecule has 1 unspecified atom stereocenters. The number of anilines is 1. The zero-order chi connectivity index (χ0) is 12.5. The molecule has 0 radical (unpaired) electrons. The molecule has 1 aromatic rings. The average Bonchev–Trinajstić information content (AvgIpc) is 2.35. The van der Waals surface area contributed by atoms with Crippen molar-refractivity contribution < 1.29 is 5.11 Å². The summed E-state index contributed by atoms with van der Waals surface area (Å²) < 4.78 is 0. The number of nitrogens with zero attached hydrogens (tertiary/aromatic N) is 2. The predicted octanol–water partition coefficient (Wildman–Crippen LogP) is 2.30. The molecule has 0 bridgehead atoms. The first-order chi connectivity index (χ1) is 8.26. The Morgan fingerprint density at radius 2 is 2.24 bits per heavy atom. The number of nitrogens with one attached hydrogen (secondary N) is 1. The van der Waals surface area contributed by atoms with Gasteiger partial charge in [-0.2, -0.15) is 11.8 Å². The molecule has 0 aliphatic carbocycles. The fraction of sp³-hybridized carbons (Fsp3) is 0.667. The Kier molecular flexibility index (Phi) is 6.96. The van der Waals surface area contributed by atoms with Crippen LogP contribution in [-0.2, 0) is 5.75 Å². The number of rotatable bonds is 8. The molecule has 5 heteroatoms. The van der Waals surface area contributed by atoms with Gasteiger partial charge in [0, 0.05) is 24.2 Å². The summed E-state index contributed by atoms with van der Waals surface area (Å²) in [6, 6.07) is 0. The van der Waals surface area contributed by atoms with Crippen LogP contribution in [0, 0.1) is 0 Å². The van der Waals surface area contributed by atoms with E-state index in [1.54, 1.807) is 18.0 Å². The van der Waals surface area contributed by atoms with Crippen molar-refractivity contribution in [2.75, 3.05) is 18.5 Å². The largest absolute Gasteiger partial charge is 0.396 e. The Balaban J connectivity index is 2.34. The van der Waals surface area contributed by atoms with E-state index < -0.39 is 0 Å². The van der Waals surface area contributed by atoms with Crippen molar-refractivity contribution in [3.05, 3.63) is 18.1 Å². The maximum Gasteiger partial charge on any atom is 0.144 e. The van der Waals surface area contributed by atoms with E-state index in [-0.39, 0.29) is 6.61 Å². The lowest BCUT2D eigenvalue weighted by Crippen LogP contribution is -2.04. The Bertz CT molecular complexity index is 305. The van der Waals surface area contributed by atoms with E-state index in [4.69, 9.17) is 5.11 Å². The highest BCUT2D eigenvalue weighted by atomic mass is 32.2. The van der Waals surface area contributed by atoms with Gasteiger partial charge in [0.25, 0.3) is 0 Å². The molecule has 0 aliphatic rings.